The molecule has 0 saturated carbocycles. The van der Waals surface area contributed by atoms with Gasteiger partial charge >= 0.3 is 17.9 Å². The number of allylic oxidation sites excluding steroid dienone is 20. The van der Waals surface area contributed by atoms with Crippen molar-refractivity contribution in [1.82, 2.24) is 0 Å². The van der Waals surface area contributed by atoms with E-state index in [2.05, 4.69) is 142 Å². The summed E-state index contributed by atoms with van der Waals surface area (Å²) in [5.41, 5.74) is 0. The number of unbranched alkanes of at least 4 members (excludes halogenated alkanes) is 24. The van der Waals surface area contributed by atoms with Gasteiger partial charge in [-0.05, 0) is 109 Å². The second-order valence-electron chi connectivity index (χ2n) is 20.2. The van der Waals surface area contributed by atoms with E-state index in [9.17, 15) is 14.4 Å². The summed E-state index contributed by atoms with van der Waals surface area (Å²) in [5.74, 6) is -0.901. The fraction of sp³-hybridized carbons (Fsp3) is 0.667. The Labute approximate surface area is 462 Å². The van der Waals surface area contributed by atoms with Crippen LogP contribution >= 0.6 is 0 Å². The molecule has 6 nitrogen and oxygen atoms in total. The number of hydrogen-bond donors (Lipinski definition) is 0. The van der Waals surface area contributed by atoms with Crippen LogP contribution < -0.4 is 0 Å². The van der Waals surface area contributed by atoms with Gasteiger partial charge in [-0.2, -0.15) is 0 Å². The standard InChI is InChI=1S/C69H114O6/c1-4-7-10-13-16-19-21-23-25-27-28-29-30-31-32-33-34-35-36-37-38-39-40-42-43-45-47-50-53-56-59-62-68(71)74-65-66(64-73-67(70)61-58-55-52-49-18-15-12-9-6-3)75-69(72)63-60-57-54-51-48-46-44-41-26-24-22-20-17-14-11-8-5-2/h7-8,10-11,16-17,19-20,23-26,28-29,31-32,34-35,37-38,66H,4-6,9,12-15,18,21-22,27,30,33,36,39-65H2,1-3H3/b10-7-,11-8-,19-16-,20-17-,25-23-,26-24-,29-28-,32-31-,35-34-,38-37-. The molecule has 0 heterocycles. The van der Waals surface area contributed by atoms with Crippen molar-refractivity contribution < 1.29 is 28.6 Å². The maximum atomic E-state index is 12.8. The lowest BCUT2D eigenvalue weighted by atomic mass is 10.1. The van der Waals surface area contributed by atoms with E-state index in [4.69, 9.17) is 14.2 Å². The van der Waals surface area contributed by atoms with Crippen LogP contribution in [0.5, 0.6) is 0 Å². The first-order valence-corrected chi connectivity index (χ1v) is 31.0. The quantitative estimate of drug-likeness (QED) is 0.0261. The molecule has 0 aliphatic heterocycles. The molecular formula is C69H114O6. The van der Waals surface area contributed by atoms with Gasteiger partial charge in [0.1, 0.15) is 13.2 Å². The number of esters is 3. The Balaban J connectivity index is 4.22. The van der Waals surface area contributed by atoms with Crippen LogP contribution in [0.2, 0.25) is 0 Å². The van der Waals surface area contributed by atoms with Crippen molar-refractivity contribution in [3.8, 4) is 0 Å². The smallest absolute Gasteiger partial charge is 0.306 e. The lowest BCUT2D eigenvalue weighted by Crippen LogP contribution is -2.30. The number of carbonyl (C=O) groups excluding carboxylic acids is 3. The minimum atomic E-state index is -0.786. The second kappa shape index (κ2) is 62.4. The Kier molecular flexibility index (Phi) is 58.9. The van der Waals surface area contributed by atoms with Crippen LogP contribution in [0.3, 0.4) is 0 Å². The third-order valence-electron chi connectivity index (χ3n) is 13.0. The number of carbonyl (C=O) groups is 3. The van der Waals surface area contributed by atoms with Crippen molar-refractivity contribution in [2.45, 2.75) is 284 Å². The molecule has 0 aromatic carbocycles. The van der Waals surface area contributed by atoms with Gasteiger partial charge in [-0.3, -0.25) is 14.4 Å². The van der Waals surface area contributed by atoms with Gasteiger partial charge in [0, 0.05) is 19.3 Å². The molecule has 426 valence electrons. The van der Waals surface area contributed by atoms with Gasteiger partial charge in [-0.25, -0.2) is 0 Å². The zero-order chi connectivity index (χ0) is 54.3. The maximum Gasteiger partial charge on any atom is 0.306 e. The molecule has 0 fully saturated rings. The predicted octanol–water partition coefficient (Wildman–Crippen LogP) is 21.2. The maximum absolute atomic E-state index is 12.8. The molecule has 1 atom stereocenters. The SMILES string of the molecule is CC/C=C\C/C=C\C/C=C\C/C=C\C/C=C\C/C=C\C/C=C\CCCCCCCCCCCC(=O)OCC(COC(=O)CCCCCCCCCCC)OC(=O)CCCCCCCCC/C=C\C/C=C\C/C=C\CC. The van der Waals surface area contributed by atoms with Crippen molar-refractivity contribution in [3.63, 3.8) is 0 Å². The fourth-order valence-electron chi connectivity index (χ4n) is 8.38. The van der Waals surface area contributed by atoms with Gasteiger partial charge in [0.05, 0.1) is 0 Å². The van der Waals surface area contributed by atoms with Crippen LogP contribution in [0, 0.1) is 0 Å². The topological polar surface area (TPSA) is 78.9 Å². The summed E-state index contributed by atoms with van der Waals surface area (Å²) in [6, 6.07) is 0. The van der Waals surface area contributed by atoms with E-state index in [1.54, 1.807) is 0 Å². The van der Waals surface area contributed by atoms with E-state index >= 15 is 0 Å². The molecule has 0 aliphatic carbocycles. The molecule has 0 amide bonds. The van der Waals surface area contributed by atoms with Crippen LogP contribution in [0.1, 0.15) is 278 Å². The Morgan fingerprint density at radius 3 is 0.813 bits per heavy atom. The third kappa shape index (κ3) is 60.6. The summed E-state index contributed by atoms with van der Waals surface area (Å²) in [6.07, 6.45) is 86.4. The van der Waals surface area contributed by atoms with E-state index in [1.165, 1.54) is 103 Å². The molecule has 0 aromatic heterocycles. The Morgan fingerprint density at radius 2 is 0.520 bits per heavy atom. The molecule has 0 rings (SSSR count). The van der Waals surface area contributed by atoms with Gasteiger partial charge in [-0.15, -0.1) is 0 Å². The van der Waals surface area contributed by atoms with Crippen molar-refractivity contribution in [3.05, 3.63) is 122 Å². The zero-order valence-electron chi connectivity index (χ0n) is 48.8. The van der Waals surface area contributed by atoms with E-state index < -0.39 is 6.10 Å². The Hall–Kier alpha value is -4.19. The molecule has 0 spiro atoms. The fourth-order valence-corrected chi connectivity index (χ4v) is 8.38. The van der Waals surface area contributed by atoms with E-state index in [1.807, 2.05) is 0 Å². The lowest BCUT2D eigenvalue weighted by Gasteiger charge is -2.18. The minimum absolute atomic E-state index is 0.0837. The molecule has 0 N–H and O–H groups in total. The Bertz CT molecular complexity index is 1570. The average Bonchev–Trinajstić information content (AvgIpc) is 3.41. The van der Waals surface area contributed by atoms with Gasteiger partial charge in [0.2, 0.25) is 0 Å². The summed E-state index contributed by atoms with van der Waals surface area (Å²) in [4.78, 5) is 38.1. The normalized spacial score (nSPS) is 12.9. The average molecular weight is 1040 g/mol. The van der Waals surface area contributed by atoms with Crippen LogP contribution in [0.4, 0.5) is 0 Å². The summed E-state index contributed by atoms with van der Waals surface area (Å²) in [6.45, 7) is 6.39. The van der Waals surface area contributed by atoms with E-state index in [0.29, 0.717) is 19.3 Å². The molecule has 6 heteroatoms. The van der Waals surface area contributed by atoms with Crippen molar-refractivity contribution in [1.29, 1.82) is 0 Å². The summed E-state index contributed by atoms with van der Waals surface area (Å²) in [7, 11) is 0. The molecule has 0 radical (unpaired) electrons. The monoisotopic (exact) mass is 1040 g/mol. The number of hydrogen-bond acceptors (Lipinski definition) is 6. The Morgan fingerprint density at radius 1 is 0.280 bits per heavy atom. The lowest BCUT2D eigenvalue weighted by molar-refractivity contribution is -0.167. The summed E-state index contributed by atoms with van der Waals surface area (Å²) in [5, 5.41) is 0. The summed E-state index contributed by atoms with van der Waals surface area (Å²) >= 11 is 0. The van der Waals surface area contributed by atoms with Crippen LogP contribution in [-0.2, 0) is 28.6 Å². The van der Waals surface area contributed by atoms with Gasteiger partial charge in [0.15, 0.2) is 6.10 Å². The summed E-state index contributed by atoms with van der Waals surface area (Å²) < 4.78 is 16.8. The molecule has 1 unspecified atom stereocenters. The highest BCUT2D eigenvalue weighted by atomic mass is 16.6. The minimum Gasteiger partial charge on any atom is -0.462 e. The molecule has 0 aliphatic rings. The molecule has 0 aromatic rings. The molecule has 0 saturated heterocycles. The van der Waals surface area contributed by atoms with Crippen LogP contribution in [0.25, 0.3) is 0 Å². The highest BCUT2D eigenvalue weighted by Crippen LogP contribution is 2.15. The first kappa shape index (κ1) is 70.8. The number of rotatable bonds is 55. The molecule has 0 bridgehead atoms. The van der Waals surface area contributed by atoms with Gasteiger partial charge in [-0.1, -0.05) is 271 Å². The molecular weight excluding hydrogens is 925 g/mol. The molecule has 75 heavy (non-hydrogen) atoms. The van der Waals surface area contributed by atoms with Gasteiger partial charge < -0.3 is 14.2 Å². The zero-order valence-corrected chi connectivity index (χ0v) is 48.8. The predicted molar refractivity (Wildman–Crippen MR) is 325 cm³/mol. The van der Waals surface area contributed by atoms with Crippen LogP contribution in [-0.4, -0.2) is 37.2 Å². The van der Waals surface area contributed by atoms with Gasteiger partial charge in [0.25, 0.3) is 0 Å². The van der Waals surface area contributed by atoms with Crippen molar-refractivity contribution in [2.24, 2.45) is 0 Å². The second-order valence-corrected chi connectivity index (χ2v) is 20.2. The highest BCUT2D eigenvalue weighted by molar-refractivity contribution is 5.71. The first-order valence-electron chi connectivity index (χ1n) is 31.0. The van der Waals surface area contributed by atoms with Crippen molar-refractivity contribution in [2.75, 3.05) is 13.2 Å². The number of ether oxygens (including phenoxy) is 3. The van der Waals surface area contributed by atoms with Crippen LogP contribution in [0.15, 0.2) is 122 Å². The van der Waals surface area contributed by atoms with E-state index in [0.717, 1.165) is 135 Å². The first-order chi connectivity index (χ1) is 37.0. The largest absolute Gasteiger partial charge is 0.462 e. The van der Waals surface area contributed by atoms with Crippen molar-refractivity contribution >= 4 is 17.9 Å². The van der Waals surface area contributed by atoms with E-state index in [-0.39, 0.29) is 31.1 Å². The third-order valence-corrected chi connectivity index (χ3v) is 13.0. The highest BCUT2D eigenvalue weighted by Gasteiger charge is 2.19.